The number of benzene rings is 1. The van der Waals surface area contributed by atoms with Crippen LogP contribution in [-0.4, -0.2) is 23.6 Å². The summed E-state index contributed by atoms with van der Waals surface area (Å²) in [7, 11) is 0. The molecule has 2 heterocycles. The molecule has 146 valence electrons. The van der Waals surface area contributed by atoms with Gasteiger partial charge in [0.25, 0.3) is 0 Å². The average Bonchev–Trinajstić information content (AvgIpc) is 2.93. The first-order valence-corrected chi connectivity index (χ1v) is 9.54. The fraction of sp³-hybridized carbons (Fsp3) is 0.444. The van der Waals surface area contributed by atoms with E-state index in [9.17, 15) is 22.8 Å². The molecular formula is C18H20F3N3O2S. The highest BCUT2D eigenvalue weighted by atomic mass is 32.1. The fourth-order valence-corrected chi connectivity index (χ4v) is 3.89. The summed E-state index contributed by atoms with van der Waals surface area (Å²) in [5.41, 5.74) is 0.519. The second-order valence-corrected chi connectivity index (χ2v) is 7.38. The van der Waals surface area contributed by atoms with Gasteiger partial charge in [0.05, 0.1) is 16.9 Å². The number of aromatic nitrogens is 1. The normalized spacial score (nSPS) is 15.0. The molecular weight excluding hydrogens is 379 g/mol. The van der Waals surface area contributed by atoms with Crippen molar-refractivity contribution in [3.63, 3.8) is 0 Å². The van der Waals surface area contributed by atoms with Crippen LogP contribution in [0.15, 0.2) is 28.4 Å². The van der Waals surface area contributed by atoms with Gasteiger partial charge in [-0.1, -0.05) is 11.3 Å². The van der Waals surface area contributed by atoms with E-state index in [2.05, 4.69) is 5.32 Å². The molecule has 0 spiro atoms. The lowest BCUT2D eigenvalue weighted by Gasteiger charge is -2.31. The number of hydrogen-bond acceptors (Lipinski definition) is 4. The molecule has 5 nitrogen and oxygen atoms in total. The number of anilines is 2. The number of aryl methyl sites for hydroxylation is 1. The van der Waals surface area contributed by atoms with Crippen LogP contribution in [0.4, 0.5) is 24.5 Å². The molecule has 1 saturated heterocycles. The molecule has 0 radical (unpaired) electrons. The molecule has 0 atom stereocenters. The summed E-state index contributed by atoms with van der Waals surface area (Å²) in [6, 6.07) is 3.41. The highest BCUT2D eigenvalue weighted by Gasteiger charge is 2.32. The third-order valence-corrected chi connectivity index (χ3v) is 5.45. The molecule has 1 N–H and O–H groups in total. The van der Waals surface area contributed by atoms with E-state index in [0.717, 1.165) is 55.8 Å². The molecule has 1 fully saturated rings. The van der Waals surface area contributed by atoms with Crippen molar-refractivity contribution >= 4 is 28.6 Å². The van der Waals surface area contributed by atoms with Gasteiger partial charge < -0.3 is 10.2 Å². The zero-order chi connectivity index (χ0) is 19.6. The Balaban J connectivity index is 1.88. The molecule has 3 rings (SSSR count). The Morgan fingerprint density at radius 1 is 1.22 bits per heavy atom. The van der Waals surface area contributed by atoms with Crippen LogP contribution in [0.25, 0.3) is 0 Å². The number of amides is 1. The molecule has 2 aromatic rings. The molecule has 0 bridgehead atoms. The maximum absolute atomic E-state index is 13.1. The summed E-state index contributed by atoms with van der Waals surface area (Å²) >= 11 is 0.981. The van der Waals surface area contributed by atoms with Crippen LogP contribution < -0.4 is 15.1 Å². The molecule has 9 heteroatoms. The number of thiazole rings is 1. The van der Waals surface area contributed by atoms with Crippen molar-refractivity contribution in [3.05, 3.63) is 44.5 Å². The van der Waals surface area contributed by atoms with E-state index >= 15 is 0 Å². The Hall–Kier alpha value is -2.29. The van der Waals surface area contributed by atoms with E-state index in [4.69, 9.17) is 0 Å². The first-order chi connectivity index (χ1) is 12.8. The van der Waals surface area contributed by atoms with Crippen molar-refractivity contribution in [3.8, 4) is 0 Å². The largest absolute Gasteiger partial charge is 0.416 e. The predicted octanol–water partition coefficient (Wildman–Crippen LogP) is 3.87. The number of carbonyl (C=O) groups excluding carboxylic acids is 1. The van der Waals surface area contributed by atoms with Crippen molar-refractivity contribution in [2.45, 2.75) is 38.9 Å². The molecule has 1 aliphatic heterocycles. The maximum atomic E-state index is 13.1. The minimum atomic E-state index is -4.50. The smallest absolute Gasteiger partial charge is 0.370 e. The van der Waals surface area contributed by atoms with Crippen molar-refractivity contribution in [2.24, 2.45) is 0 Å². The topological polar surface area (TPSA) is 54.3 Å². The minimum Gasteiger partial charge on any atom is -0.370 e. The van der Waals surface area contributed by atoms with E-state index in [0.29, 0.717) is 11.4 Å². The maximum Gasteiger partial charge on any atom is 0.416 e. The number of rotatable bonds is 4. The van der Waals surface area contributed by atoms with Crippen molar-refractivity contribution in [1.82, 2.24) is 4.57 Å². The van der Waals surface area contributed by atoms with Gasteiger partial charge in [0.2, 0.25) is 5.91 Å². The van der Waals surface area contributed by atoms with Crippen LogP contribution in [0.3, 0.4) is 0 Å². The van der Waals surface area contributed by atoms with Gasteiger partial charge in [-0.2, -0.15) is 13.2 Å². The average molecular weight is 399 g/mol. The Bertz CT molecular complexity index is 883. The lowest BCUT2D eigenvalue weighted by Crippen LogP contribution is -2.31. The van der Waals surface area contributed by atoms with Gasteiger partial charge in [0, 0.05) is 24.2 Å². The molecule has 1 aromatic carbocycles. The third-order valence-electron chi connectivity index (χ3n) is 4.57. The van der Waals surface area contributed by atoms with Crippen molar-refractivity contribution in [2.75, 3.05) is 23.3 Å². The number of carbonyl (C=O) groups is 1. The Labute approximate surface area is 158 Å². The molecule has 0 unspecified atom stereocenters. The quantitative estimate of drug-likeness (QED) is 0.849. The number of nitrogens with one attached hydrogen (secondary N) is 1. The lowest BCUT2D eigenvalue weighted by molar-refractivity contribution is -0.137. The van der Waals surface area contributed by atoms with Crippen LogP contribution in [0.5, 0.6) is 0 Å². The molecule has 1 aromatic heterocycles. The minimum absolute atomic E-state index is 0.123. The molecule has 1 aliphatic rings. The van der Waals surface area contributed by atoms with E-state index in [1.54, 1.807) is 12.3 Å². The van der Waals surface area contributed by atoms with Crippen LogP contribution in [-0.2, 0) is 17.5 Å². The van der Waals surface area contributed by atoms with Crippen LogP contribution in [0, 0.1) is 6.92 Å². The van der Waals surface area contributed by atoms with Gasteiger partial charge >= 0.3 is 11.0 Å². The number of alkyl halides is 3. The van der Waals surface area contributed by atoms with Gasteiger partial charge in [0.15, 0.2) is 0 Å². The SMILES string of the molecule is Cc1csc(=O)n1CC(=O)Nc1cc(C(F)(F)F)ccc1N1CCCCC1. The van der Waals surface area contributed by atoms with Gasteiger partial charge in [-0.3, -0.25) is 14.2 Å². The molecule has 27 heavy (non-hydrogen) atoms. The number of nitrogens with zero attached hydrogens (tertiary/aromatic N) is 2. The Morgan fingerprint density at radius 2 is 1.93 bits per heavy atom. The zero-order valence-corrected chi connectivity index (χ0v) is 15.6. The number of halogens is 3. The van der Waals surface area contributed by atoms with Gasteiger partial charge in [-0.15, -0.1) is 0 Å². The summed E-state index contributed by atoms with van der Waals surface area (Å²) in [6.45, 7) is 2.94. The monoisotopic (exact) mass is 399 g/mol. The molecule has 0 aliphatic carbocycles. The van der Waals surface area contributed by atoms with Gasteiger partial charge in [0.1, 0.15) is 6.54 Å². The van der Waals surface area contributed by atoms with Crippen molar-refractivity contribution < 1.29 is 18.0 Å². The number of piperidine rings is 1. The van der Waals surface area contributed by atoms with Crippen molar-refractivity contribution in [1.29, 1.82) is 0 Å². The summed E-state index contributed by atoms with van der Waals surface area (Å²) in [5.74, 6) is -0.531. The summed E-state index contributed by atoms with van der Waals surface area (Å²) in [4.78, 5) is 25.9. The van der Waals surface area contributed by atoms with E-state index in [1.165, 1.54) is 10.6 Å². The third kappa shape index (κ3) is 4.52. The fourth-order valence-electron chi connectivity index (χ4n) is 3.15. The number of hydrogen-bond donors (Lipinski definition) is 1. The molecule has 1 amide bonds. The standard InChI is InChI=1S/C18H20F3N3O2S/c1-12-11-27-17(26)24(12)10-16(25)22-14-9-13(18(19,20)21)5-6-15(14)23-7-3-2-4-8-23/h5-6,9,11H,2-4,7-8,10H2,1H3,(H,22,25). The first kappa shape index (κ1) is 19.5. The highest BCUT2D eigenvalue weighted by Crippen LogP contribution is 2.36. The van der Waals surface area contributed by atoms with Gasteiger partial charge in [-0.25, -0.2) is 0 Å². The van der Waals surface area contributed by atoms with Crippen LogP contribution >= 0.6 is 11.3 Å². The highest BCUT2D eigenvalue weighted by molar-refractivity contribution is 7.07. The van der Waals surface area contributed by atoms with E-state index < -0.39 is 17.6 Å². The van der Waals surface area contributed by atoms with Crippen LogP contribution in [0.1, 0.15) is 30.5 Å². The second kappa shape index (κ2) is 7.75. The van der Waals surface area contributed by atoms with E-state index in [1.807, 2.05) is 4.90 Å². The summed E-state index contributed by atoms with van der Waals surface area (Å²) in [6.07, 6.45) is -1.50. The van der Waals surface area contributed by atoms with E-state index in [-0.39, 0.29) is 17.1 Å². The lowest BCUT2D eigenvalue weighted by atomic mass is 10.1. The zero-order valence-electron chi connectivity index (χ0n) is 14.8. The Morgan fingerprint density at radius 3 is 2.52 bits per heavy atom. The van der Waals surface area contributed by atoms with Crippen LogP contribution in [0.2, 0.25) is 0 Å². The summed E-state index contributed by atoms with van der Waals surface area (Å²) < 4.78 is 40.7. The molecule has 0 saturated carbocycles. The summed E-state index contributed by atoms with van der Waals surface area (Å²) in [5, 5.41) is 4.22. The second-order valence-electron chi connectivity index (χ2n) is 6.55. The predicted molar refractivity (Wildman–Crippen MR) is 99.5 cm³/mol. The van der Waals surface area contributed by atoms with Gasteiger partial charge in [-0.05, 0) is 44.4 Å². The first-order valence-electron chi connectivity index (χ1n) is 8.66. The Kier molecular flexibility index (Phi) is 5.59.